The molecular formula is C24H24BNO2. The summed E-state index contributed by atoms with van der Waals surface area (Å²) >= 11 is 0. The predicted molar refractivity (Wildman–Crippen MR) is 116 cm³/mol. The highest BCUT2D eigenvalue weighted by atomic mass is 16.7. The van der Waals surface area contributed by atoms with Crippen LogP contribution >= 0.6 is 0 Å². The Kier molecular flexibility index (Phi) is 2.44. The van der Waals surface area contributed by atoms with E-state index >= 15 is 0 Å². The minimum absolute atomic E-state index is 0.0939. The van der Waals surface area contributed by atoms with Crippen molar-refractivity contribution < 1.29 is 18.9 Å². The number of aromatic nitrogens is 1. The molecule has 1 saturated heterocycles. The third kappa shape index (κ3) is 2.52. The fourth-order valence-corrected chi connectivity index (χ4v) is 3.44. The molecule has 0 aliphatic carbocycles. The molecule has 4 heteroatoms. The van der Waals surface area contributed by atoms with Gasteiger partial charge in [0.15, 0.2) is 0 Å². The first-order chi connectivity index (χ1) is 16.3. The van der Waals surface area contributed by atoms with Crippen molar-refractivity contribution in [2.75, 3.05) is 0 Å². The minimum Gasteiger partial charge on any atom is -0.399 e. The van der Waals surface area contributed by atoms with Crippen LogP contribution in [0.4, 0.5) is 0 Å². The van der Waals surface area contributed by atoms with E-state index in [1.54, 1.807) is 28.8 Å². The van der Waals surface area contributed by atoms with Gasteiger partial charge in [-0.1, -0.05) is 48.4 Å². The SMILES string of the molecule is [2H]c1c([2H])c([2H])c2c(c1[2H])c1c([2H])c([2H])c(B3OC(C)(C)C(C)(C)O3)c([2H])c1n2-c1ccccc1. The quantitative estimate of drug-likeness (QED) is 0.456. The Balaban J connectivity index is 1.99. The van der Waals surface area contributed by atoms with Crippen LogP contribution in [0.3, 0.4) is 0 Å². The van der Waals surface area contributed by atoms with Crippen LogP contribution in [0.2, 0.25) is 0 Å². The van der Waals surface area contributed by atoms with Gasteiger partial charge in [0.1, 0.15) is 0 Å². The second-order valence-electron chi connectivity index (χ2n) is 8.00. The molecule has 0 saturated carbocycles. The van der Waals surface area contributed by atoms with Crippen LogP contribution in [0.15, 0.2) is 72.6 Å². The molecule has 3 nitrogen and oxygen atoms in total. The van der Waals surface area contributed by atoms with Gasteiger partial charge in [-0.05, 0) is 57.4 Å². The Morgan fingerprint density at radius 2 is 1.46 bits per heavy atom. The molecule has 2 heterocycles. The summed E-state index contributed by atoms with van der Waals surface area (Å²) < 4.78 is 74.3. The van der Waals surface area contributed by atoms with Crippen molar-refractivity contribution in [3.8, 4) is 5.69 Å². The smallest absolute Gasteiger partial charge is 0.399 e. The van der Waals surface area contributed by atoms with E-state index in [1.807, 2.05) is 33.8 Å². The zero-order valence-corrected chi connectivity index (χ0v) is 16.2. The topological polar surface area (TPSA) is 23.4 Å². The highest BCUT2D eigenvalue weighted by molar-refractivity contribution is 6.62. The van der Waals surface area contributed by atoms with Crippen molar-refractivity contribution in [3.05, 3.63) is 72.6 Å². The summed E-state index contributed by atoms with van der Waals surface area (Å²) in [6.07, 6.45) is 0. The number of para-hydroxylation sites is 2. The van der Waals surface area contributed by atoms with Crippen molar-refractivity contribution >= 4 is 34.4 Å². The molecule has 3 aromatic carbocycles. The number of hydrogen-bond donors (Lipinski definition) is 0. The van der Waals surface area contributed by atoms with Crippen molar-refractivity contribution in [1.82, 2.24) is 4.57 Å². The average Bonchev–Trinajstić information content (AvgIpc) is 3.26. The molecule has 0 atom stereocenters. The molecule has 0 amide bonds. The van der Waals surface area contributed by atoms with Gasteiger partial charge in [0.05, 0.1) is 31.8 Å². The van der Waals surface area contributed by atoms with E-state index < -0.39 is 30.4 Å². The van der Waals surface area contributed by atoms with Gasteiger partial charge in [0.2, 0.25) is 0 Å². The Labute approximate surface area is 175 Å². The first-order valence-corrected chi connectivity index (χ1v) is 9.25. The average molecular weight is 376 g/mol. The van der Waals surface area contributed by atoms with Gasteiger partial charge in [0.25, 0.3) is 0 Å². The molecule has 0 N–H and O–H groups in total. The van der Waals surface area contributed by atoms with Gasteiger partial charge < -0.3 is 13.9 Å². The molecule has 1 fully saturated rings. The second-order valence-corrected chi connectivity index (χ2v) is 8.00. The van der Waals surface area contributed by atoms with Gasteiger partial charge >= 0.3 is 7.12 Å². The maximum Gasteiger partial charge on any atom is 0.494 e. The third-order valence-corrected chi connectivity index (χ3v) is 5.68. The summed E-state index contributed by atoms with van der Waals surface area (Å²) in [6.45, 7) is 7.47. The van der Waals surface area contributed by atoms with E-state index in [0.717, 1.165) is 0 Å². The minimum atomic E-state index is -1.06. The molecule has 4 aromatic rings. The van der Waals surface area contributed by atoms with Crippen molar-refractivity contribution in [1.29, 1.82) is 0 Å². The highest BCUT2D eigenvalue weighted by Crippen LogP contribution is 2.37. The molecule has 0 spiro atoms. The zero-order valence-electron chi connectivity index (χ0n) is 23.2. The lowest BCUT2D eigenvalue weighted by Crippen LogP contribution is -2.41. The van der Waals surface area contributed by atoms with Crippen LogP contribution in [0, 0.1) is 0 Å². The van der Waals surface area contributed by atoms with E-state index in [0.29, 0.717) is 5.69 Å². The van der Waals surface area contributed by atoms with Gasteiger partial charge in [0, 0.05) is 16.5 Å². The van der Waals surface area contributed by atoms with E-state index in [1.165, 1.54) is 0 Å². The molecule has 1 aromatic heterocycles. The summed E-state index contributed by atoms with van der Waals surface area (Å²) in [5.74, 6) is 0. The first-order valence-electron chi connectivity index (χ1n) is 12.7. The largest absolute Gasteiger partial charge is 0.494 e. The van der Waals surface area contributed by atoms with Crippen molar-refractivity contribution in [2.45, 2.75) is 38.9 Å². The Bertz CT molecular complexity index is 1520. The molecule has 140 valence electrons. The van der Waals surface area contributed by atoms with E-state index in [9.17, 15) is 1.37 Å². The molecule has 1 aliphatic rings. The van der Waals surface area contributed by atoms with Gasteiger partial charge in [-0.15, -0.1) is 0 Å². The number of benzene rings is 3. The Hall–Kier alpha value is -2.56. The summed E-state index contributed by atoms with van der Waals surface area (Å²) in [5, 5.41) is 0.244. The van der Waals surface area contributed by atoms with Crippen LogP contribution in [0.25, 0.3) is 27.5 Å². The van der Waals surface area contributed by atoms with E-state index in [4.69, 9.17) is 17.5 Å². The summed E-state index contributed by atoms with van der Waals surface area (Å²) in [6, 6.07) is 6.90. The van der Waals surface area contributed by atoms with Crippen molar-refractivity contribution in [3.63, 3.8) is 0 Å². The number of rotatable bonds is 2. The van der Waals surface area contributed by atoms with E-state index in [2.05, 4.69) is 0 Å². The fraction of sp³-hybridized carbons (Fsp3) is 0.250. The molecule has 0 radical (unpaired) electrons. The molecule has 28 heavy (non-hydrogen) atoms. The summed E-state index contributed by atoms with van der Waals surface area (Å²) in [7, 11) is -1.06. The number of hydrogen-bond acceptors (Lipinski definition) is 2. The monoisotopic (exact) mass is 376 g/mol. The Morgan fingerprint density at radius 1 is 0.821 bits per heavy atom. The maximum absolute atomic E-state index is 9.17. The van der Waals surface area contributed by atoms with Crippen LogP contribution in [0.1, 0.15) is 37.3 Å². The lowest BCUT2D eigenvalue weighted by atomic mass is 9.79. The van der Waals surface area contributed by atoms with Gasteiger partial charge in [-0.25, -0.2) is 0 Å². The molecular weight excluding hydrogens is 345 g/mol. The zero-order chi connectivity index (χ0) is 25.6. The number of fused-ring (bicyclic) bond motifs is 3. The van der Waals surface area contributed by atoms with Crippen molar-refractivity contribution in [2.24, 2.45) is 0 Å². The molecule has 0 bridgehead atoms. The van der Waals surface area contributed by atoms with Gasteiger partial charge in [-0.2, -0.15) is 0 Å². The number of nitrogens with zero attached hydrogens (tertiary/aromatic N) is 1. The molecule has 0 unspecified atom stereocenters. The first kappa shape index (κ1) is 11.4. The summed E-state index contributed by atoms with van der Waals surface area (Å²) in [4.78, 5) is 0. The lowest BCUT2D eigenvalue weighted by Gasteiger charge is -2.32. The standard InChI is InChI=1S/C24H24BNO2/c1-23(2)24(3,4)28-25(27-23)17-14-15-20-19-12-8-9-13-21(19)26(22(20)16-17)18-10-6-5-7-11-18/h5-16H,1-4H3/i8D,9D,12D,13D,14D,15D,16D. The normalized spacial score (nSPS) is 21.7. The fourth-order valence-electron chi connectivity index (χ4n) is 3.44. The predicted octanol–water partition coefficient (Wildman–Crippen LogP) is 5.08. The van der Waals surface area contributed by atoms with Crippen LogP contribution in [-0.2, 0) is 9.31 Å². The second kappa shape index (κ2) is 5.97. The molecule has 1 aliphatic heterocycles. The maximum atomic E-state index is 9.17. The van der Waals surface area contributed by atoms with E-state index in [-0.39, 0.29) is 57.5 Å². The van der Waals surface area contributed by atoms with Gasteiger partial charge in [-0.3, -0.25) is 0 Å². The summed E-state index contributed by atoms with van der Waals surface area (Å²) in [5.41, 5.74) is -0.404. The lowest BCUT2D eigenvalue weighted by molar-refractivity contribution is 0.00578. The third-order valence-electron chi connectivity index (χ3n) is 5.68. The van der Waals surface area contributed by atoms with Crippen LogP contribution < -0.4 is 5.46 Å². The highest BCUT2D eigenvalue weighted by Gasteiger charge is 2.51. The van der Waals surface area contributed by atoms with Crippen LogP contribution in [0.5, 0.6) is 0 Å². The van der Waals surface area contributed by atoms with Crippen LogP contribution in [-0.4, -0.2) is 22.9 Å². The molecule has 5 rings (SSSR count). The Morgan fingerprint density at radius 3 is 2.18 bits per heavy atom.